The zero-order valence-corrected chi connectivity index (χ0v) is 24.2. The number of rotatable bonds is 8. The predicted molar refractivity (Wildman–Crippen MR) is 149 cm³/mol. The van der Waals surface area contributed by atoms with E-state index >= 15 is 0 Å². The molecule has 1 aliphatic heterocycles. The van der Waals surface area contributed by atoms with Crippen molar-refractivity contribution >= 4 is 27.7 Å². The van der Waals surface area contributed by atoms with Crippen LogP contribution in [-0.2, 0) is 14.3 Å². The molecule has 8 heteroatoms. The van der Waals surface area contributed by atoms with Gasteiger partial charge < -0.3 is 24.3 Å². The van der Waals surface area contributed by atoms with Gasteiger partial charge in [0, 0.05) is 33.4 Å². The number of nitrogens with one attached hydrogen (secondary N) is 1. The predicted octanol–water partition coefficient (Wildman–Crippen LogP) is 6.04. The van der Waals surface area contributed by atoms with Crippen LogP contribution in [0.25, 0.3) is 0 Å². The molecule has 2 atom stereocenters. The lowest BCUT2D eigenvalue weighted by Gasteiger charge is -2.37. The summed E-state index contributed by atoms with van der Waals surface area (Å²) in [7, 11) is 4.78. The number of esters is 1. The molecule has 202 valence electrons. The van der Waals surface area contributed by atoms with Crippen molar-refractivity contribution in [3.8, 4) is 17.2 Å². The van der Waals surface area contributed by atoms with Crippen LogP contribution in [0.4, 0.5) is 0 Å². The third kappa shape index (κ3) is 5.46. The third-order valence-electron chi connectivity index (χ3n) is 6.98. The highest BCUT2D eigenvalue weighted by Crippen LogP contribution is 2.48. The molecule has 2 aromatic carbocycles. The minimum atomic E-state index is -0.614. The molecule has 1 aliphatic carbocycles. The molecule has 0 radical (unpaired) electrons. The first-order chi connectivity index (χ1) is 18.2. The Hall–Kier alpha value is -3.26. The summed E-state index contributed by atoms with van der Waals surface area (Å²) in [5.74, 6) is 0.922. The van der Waals surface area contributed by atoms with E-state index in [2.05, 4.69) is 21.2 Å². The van der Waals surface area contributed by atoms with E-state index in [9.17, 15) is 9.59 Å². The number of hydrogen-bond donors (Lipinski definition) is 1. The summed E-state index contributed by atoms with van der Waals surface area (Å²) < 4.78 is 23.1. The molecule has 0 saturated carbocycles. The van der Waals surface area contributed by atoms with Gasteiger partial charge in [0.05, 0.1) is 39.4 Å². The smallest absolute Gasteiger partial charge is 0.336 e. The Morgan fingerprint density at radius 3 is 2.34 bits per heavy atom. The summed E-state index contributed by atoms with van der Waals surface area (Å²) in [5.41, 5.74) is 4.23. The number of benzene rings is 2. The molecule has 1 heterocycles. The van der Waals surface area contributed by atoms with Crippen molar-refractivity contribution in [1.82, 2.24) is 5.32 Å². The summed E-state index contributed by atoms with van der Waals surface area (Å²) in [5, 5.41) is 3.40. The Labute approximate surface area is 232 Å². The zero-order chi connectivity index (χ0) is 27.6. The van der Waals surface area contributed by atoms with E-state index in [0.29, 0.717) is 53.5 Å². The monoisotopic (exact) mass is 583 g/mol. The molecule has 0 saturated heterocycles. The molecule has 0 amide bonds. The number of methoxy groups -OCH3 is 3. The average molecular weight is 585 g/mol. The van der Waals surface area contributed by atoms with Gasteiger partial charge in [0.2, 0.25) is 0 Å². The van der Waals surface area contributed by atoms with Crippen molar-refractivity contribution in [2.45, 2.75) is 45.4 Å². The van der Waals surface area contributed by atoms with Crippen LogP contribution in [0, 0.1) is 5.92 Å². The highest BCUT2D eigenvalue weighted by molar-refractivity contribution is 9.10. The summed E-state index contributed by atoms with van der Waals surface area (Å²) in [6.07, 6.45) is 0.908. The van der Waals surface area contributed by atoms with Crippen LogP contribution < -0.4 is 19.5 Å². The molecule has 0 aromatic heterocycles. The molecule has 1 N–H and O–H groups in total. The van der Waals surface area contributed by atoms with Crippen LogP contribution in [0.3, 0.4) is 0 Å². The Bertz CT molecular complexity index is 1310. The van der Waals surface area contributed by atoms with Crippen molar-refractivity contribution in [2.24, 2.45) is 5.92 Å². The maximum Gasteiger partial charge on any atom is 0.336 e. The second-order valence-corrected chi connectivity index (χ2v) is 10.9. The van der Waals surface area contributed by atoms with Gasteiger partial charge in [-0.1, -0.05) is 35.8 Å². The quantitative estimate of drug-likeness (QED) is 0.379. The standard InChI is InChI=1S/C30H34BrNO6/c1-16(2)15-38-30(34)27-17(3)32-22-11-19(18-7-9-25(36-5)26(13-18)37-6)12-23(33)29(22)28(27)21-14-20(31)8-10-24(21)35-4/h7-10,13-14,16,19,28,32H,11-12,15H2,1-6H3/t19-,28-/m0/s1. The van der Waals surface area contributed by atoms with Gasteiger partial charge in [-0.3, -0.25) is 4.79 Å². The van der Waals surface area contributed by atoms with Gasteiger partial charge in [-0.15, -0.1) is 0 Å². The minimum absolute atomic E-state index is 0.0211. The molecule has 7 nitrogen and oxygen atoms in total. The largest absolute Gasteiger partial charge is 0.496 e. The SMILES string of the molecule is COc1ccc([C@@H]2CC(=O)C3=C(C2)NC(C)=C(C(=O)OCC(C)C)[C@@H]3c2cc(Br)ccc2OC)cc1OC. The van der Waals surface area contributed by atoms with Crippen molar-refractivity contribution < 1.29 is 28.5 Å². The molecule has 0 unspecified atom stereocenters. The number of dihydropyridines is 1. The summed E-state index contributed by atoms with van der Waals surface area (Å²) in [4.78, 5) is 27.4. The Morgan fingerprint density at radius 1 is 1.00 bits per heavy atom. The number of halogens is 1. The van der Waals surface area contributed by atoms with Crippen molar-refractivity contribution in [3.63, 3.8) is 0 Å². The lowest BCUT2D eigenvalue weighted by molar-refractivity contribution is -0.140. The number of hydrogen-bond acceptors (Lipinski definition) is 7. The van der Waals surface area contributed by atoms with Gasteiger partial charge in [-0.25, -0.2) is 4.79 Å². The van der Waals surface area contributed by atoms with Crippen molar-refractivity contribution in [1.29, 1.82) is 0 Å². The van der Waals surface area contributed by atoms with E-state index in [1.54, 1.807) is 21.3 Å². The second-order valence-electron chi connectivity index (χ2n) is 10.0. The van der Waals surface area contributed by atoms with E-state index in [0.717, 1.165) is 21.3 Å². The minimum Gasteiger partial charge on any atom is -0.496 e. The lowest BCUT2D eigenvalue weighted by atomic mass is 9.71. The number of carbonyl (C=O) groups is 2. The summed E-state index contributed by atoms with van der Waals surface area (Å²) in [6.45, 7) is 6.13. The number of ketones is 1. The van der Waals surface area contributed by atoms with Crippen LogP contribution in [0.2, 0.25) is 0 Å². The van der Waals surface area contributed by atoms with E-state index in [-0.39, 0.29) is 17.6 Å². The fourth-order valence-corrected chi connectivity index (χ4v) is 5.59. The van der Waals surface area contributed by atoms with Crippen molar-refractivity contribution in [3.05, 3.63) is 74.5 Å². The van der Waals surface area contributed by atoms with E-state index in [1.807, 2.05) is 57.2 Å². The first kappa shape index (κ1) is 27.8. The zero-order valence-electron chi connectivity index (χ0n) is 22.6. The number of Topliss-reactive ketones (excluding diaryl/α,β-unsaturated/α-hetero) is 1. The first-order valence-corrected chi connectivity index (χ1v) is 13.4. The Morgan fingerprint density at radius 2 is 1.68 bits per heavy atom. The highest BCUT2D eigenvalue weighted by Gasteiger charge is 2.42. The topological polar surface area (TPSA) is 83.1 Å². The molecule has 2 aromatic rings. The normalized spacial score (nSPS) is 19.2. The van der Waals surface area contributed by atoms with Crippen LogP contribution >= 0.6 is 15.9 Å². The number of allylic oxidation sites excluding steroid dienone is 3. The van der Waals surface area contributed by atoms with E-state index in [4.69, 9.17) is 18.9 Å². The van der Waals surface area contributed by atoms with Gasteiger partial charge in [0.25, 0.3) is 0 Å². The highest BCUT2D eigenvalue weighted by atomic mass is 79.9. The van der Waals surface area contributed by atoms with Crippen molar-refractivity contribution in [2.75, 3.05) is 27.9 Å². The molecule has 0 bridgehead atoms. The van der Waals surface area contributed by atoms with E-state index in [1.165, 1.54) is 0 Å². The van der Waals surface area contributed by atoms with Gasteiger partial charge in [-0.05, 0) is 61.1 Å². The number of carbonyl (C=O) groups excluding carboxylic acids is 2. The third-order valence-corrected chi connectivity index (χ3v) is 7.47. The van der Waals surface area contributed by atoms with Crippen LogP contribution in [0.1, 0.15) is 56.6 Å². The van der Waals surface area contributed by atoms with Gasteiger partial charge >= 0.3 is 5.97 Å². The number of ether oxygens (including phenoxy) is 4. The summed E-state index contributed by atoms with van der Waals surface area (Å²) in [6, 6.07) is 11.4. The van der Waals surface area contributed by atoms with Crippen LogP contribution in [-0.4, -0.2) is 39.7 Å². The maximum atomic E-state index is 13.9. The molecule has 2 aliphatic rings. The van der Waals surface area contributed by atoms with E-state index < -0.39 is 11.9 Å². The summed E-state index contributed by atoms with van der Waals surface area (Å²) >= 11 is 3.56. The van der Waals surface area contributed by atoms with Gasteiger partial charge in [-0.2, -0.15) is 0 Å². The molecule has 4 rings (SSSR count). The second kappa shape index (κ2) is 11.6. The fourth-order valence-electron chi connectivity index (χ4n) is 5.21. The first-order valence-electron chi connectivity index (χ1n) is 12.6. The van der Waals surface area contributed by atoms with Gasteiger partial charge in [0.15, 0.2) is 17.3 Å². The van der Waals surface area contributed by atoms with Crippen LogP contribution in [0.5, 0.6) is 17.2 Å². The molecule has 0 spiro atoms. The average Bonchev–Trinajstić information content (AvgIpc) is 2.90. The Kier molecular flexibility index (Phi) is 8.51. The fraction of sp³-hybridized carbons (Fsp3) is 0.400. The molecular formula is C30H34BrNO6. The molecule has 38 heavy (non-hydrogen) atoms. The molecule has 0 fully saturated rings. The van der Waals surface area contributed by atoms with Crippen LogP contribution in [0.15, 0.2) is 63.4 Å². The Balaban J connectivity index is 1.81. The maximum absolute atomic E-state index is 13.9. The molecular weight excluding hydrogens is 550 g/mol. The van der Waals surface area contributed by atoms with Gasteiger partial charge in [0.1, 0.15) is 5.75 Å². The lowest BCUT2D eigenvalue weighted by Crippen LogP contribution is -2.36.